The highest BCUT2D eigenvalue weighted by Crippen LogP contribution is 2.05. The van der Waals surface area contributed by atoms with Crippen LogP contribution in [0.4, 0.5) is 0 Å². The van der Waals surface area contributed by atoms with Gasteiger partial charge in [0.1, 0.15) is 0 Å². The van der Waals surface area contributed by atoms with E-state index in [-0.39, 0.29) is 30.8 Å². The zero-order valence-corrected chi connectivity index (χ0v) is 10.8. The smallest absolute Gasteiger partial charge is 0.305 e. The SMILES string of the molecule is CCN(C(=O)CN(C)C(C)=O)C(C)CC(=O)O. The van der Waals surface area contributed by atoms with Crippen LogP contribution in [0, 0.1) is 0 Å². The Morgan fingerprint density at radius 2 is 1.82 bits per heavy atom. The van der Waals surface area contributed by atoms with Crippen molar-refractivity contribution in [2.75, 3.05) is 20.1 Å². The van der Waals surface area contributed by atoms with E-state index in [2.05, 4.69) is 0 Å². The zero-order chi connectivity index (χ0) is 13.6. The lowest BCUT2D eigenvalue weighted by Gasteiger charge is -2.28. The van der Waals surface area contributed by atoms with E-state index in [0.717, 1.165) is 0 Å². The van der Waals surface area contributed by atoms with Crippen LogP contribution in [0.5, 0.6) is 0 Å². The Kier molecular flexibility index (Phi) is 6.23. The molecule has 0 radical (unpaired) electrons. The molecular weight excluding hydrogens is 224 g/mol. The van der Waals surface area contributed by atoms with Crippen LogP contribution in [-0.4, -0.2) is 58.9 Å². The van der Waals surface area contributed by atoms with Crippen LogP contribution in [0.1, 0.15) is 27.2 Å². The summed E-state index contributed by atoms with van der Waals surface area (Å²) in [7, 11) is 1.54. The molecule has 0 spiro atoms. The summed E-state index contributed by atoms with van der Waals surface area (Å²) in [6, 6.07) is -0.370. The van der Waals surface area contributed by atoms with Crippen LogP contribution < -0.4 is 0 Å². The lowest BCUT2D eigenvalue weighted by molar-refractivity contribution is -0.143. The fraction of sp³-hybridized carbons (Fsp3) is 0.727. The Balaban J connectivity index is 4.49. The molecule has 0 rings (SSSR count). The number of carboxylic acids is 1. The molecule has 0 aromatic carbocycles. The molecule has 98 valence electrons. The molecule has 0 saturated carbocycles. The van der Waals surface area contributed by atoms with Crippen molar-refractivity contribution in [1.82, 2.24) is 9.80 Å². The maximum absolute atomic E-state index is 11.9. The summed E-state index contributed by atoms with van der Waals surface area (Å²) in [5, 5.41) is 8.68. The first-order valence-corrected chi connectivity index (χ1v) is 5.52. The van der Waals surface area contributed by atoms with Crippen LogP contribution in [0.2, 0.25) is 0 Å². The van der Waals surface area contributed by atoms with E-state index in [9.17, 15) is 14.4 Å². The number of carboxylic acid groups (broad SMARTS) is 1. The van der Waals surface area contributed by atoms with Crippen molar-refractivity contribution in [3.63, 3.8) is 0 Å². The fourth-order valence-corrected chi connectivity index (χ4v) is 1.50. The van der Waals surface area contributed by atoms with Crippen LogP contribution in [-0.2, 0) is 14.4 Å². The molecule has 1 unspecified atom stereocenters. The van der Waals surface area contributed by atoms with Crippen molar-refractivity contribution in [1.29, 1.82) is 0 Å². The van der Waals surface area contributed by atoms with E-state index < -0.39 is 5.97 Å². The summed E-state index contributed by atoms with van der Waals surface area (Å²) in [5.41, 5.74) is 0. The minimum absolute atomic E-state index is 0.0207. The molecule has 2 amide bonds. The van der Waals surface area contributed by atoms with E-state index >= 15 is 0 Å². The third-order valence-electron chi connectivity index (χ3n) is 2.57. The number of aliphatic carboxylic acids is 1. The molecule has 0 fully saturated rings. The highest BCUT2D eigenvalue weighted by molar-refractivity contribution is 5.84. The summed E-state index contributed by atoms with van der Waals surface area (Å²) in [6.45, 7) is 5.25. The van der Waals surface area contributed by atoms with Gasteiger partial charge in [-0.15, -0.1) is 0 Å². The van der Waals surface area contributed by atoms with Gasteiger partial charge in [0.2, 0.25) is 11.8 Å². The van der Waals surface area contributed by atoms with E-state index in [1.165, 1.54) is 23.8 Å². The van der Waals surface area contributed by atoms with Crippen LogP contribution in [0.3, 0.4) is 0 Å². The Morgan fingerprint density at radius 1 is 1.29 bits per heavy atom. The quantitative estimate of drug-likeness (QED) is 0.722. The van der Waals surface area contributed by atoms with E-state index in [1.807, 2.05) is 0 Å². The number of rotatable bonds is 6. The molecule has 1 atom stereocenters. The molecule has 1 N–H and O–H groups in total. The first kappa shape index (κ1) is 15.4. The third kappa shape index (κ3) is 5.33. The van der Waals surface area contributed by atoms with Gasteiger partial charge in [0.15, 0.2) is 0 Å². The van der Waals surface area contributed by atoms with Crippen LogP contribution >= 0.6 is 0 Å². The van der Waals surface area contributed by atoms with Gasteiger partial charge < -0.3 is 14.9 Å². The van der Waals surface area contributed by atoms with E-state index in [1.54, 1.807) is 13.8 Å². The lowest BCUT2D eigenvalue weighted by atomic mass is 10.2. The highest BCUT2D eigenvalue weighted by Gasteiger charge is 2.22. The van der Waals surface area contributed by atoms with Gasteiger partial charge in [-0.3, -0.25) is 14.4 Å². The first-order chi connectivity index (χ1) is 7.79. The van der Waals surface area contributed by atoms with Crippen molar-refractivity contribution in [2.45, 2.75) is 33.2 Å². The number of likely N-dealkylation sites (N-methyl/N-ethyl adjacent to an activating group) is 2. The molecule has 0 bridgehead atoms. The second-order valence-electron chi connectivity index (χ2n) is 4.00. The second-order valence-corrected chi connectivity index (χ2v) is 4.00. The standard InChI is InChI=1S/C11H20N2O4/c1-5-13(8(2)6-11(16)17)10(15)7-12(4)9(3)14/h8H,5-7H2,1-4H3,(H,16,17). The molecule has 0 aromatic heterocycles. The largest absolute Gasteiger partial charge is 0.481 e. The molecule has 6 heteroatoms. The van der Waals surface area contributed by atoms with Crippen LogP contribution in [0.25, 0.3) is 0 Å². The maximum Gasteiger partial charge on any atom is 0.305 e. The van der Waals surface area contributed by atoms with Crippen molar-refractivity contribution in [2.24, 2.45) is 0 Å². The Bertz CT molecular complexity index is 304. The van der Waals surface area contributed by atoms with Crippen molar-refractivity contribution < 1.29 is 19.5 Å². The van der Waals surface area contributed by atoms with Gasteiger partial charge in [-0.25, -0.2) is 0 Å². The van der Waals surface area contributed by atoms with Gasteiger partial charge in [-0.2, -0.15) is 0 Å². The molecule has 0 heterocycles. The zero-order valence-electron chi connectivity index (χ0n) is 10.8. The molecule has 0 aliphatic heterocycles. The normalized spacial score (nSPS) is 11.8. The highest BCUT2D eigenvalue weighted by atomic mass is 16.4. The Labute approximate surface area is 101 Å². The number of hydrogen-bond acceptors (Lipinski definition) is 3. The average molecular weight is 244 g/mol. The summed E-state index contributed by atoms with van der Waals surface area (Å²) in [4.78, 5) is 36.2. The van der Waals surface area contributed by atoms with Gasteiger partial charge in [0, 0.05) is 26.6 Å². The molecule has 6 nitrogen and oxygen atoms in total. The van der Waals surface area contributed by atoms with Gasteiger partial charge in [-0.1, -0.05) is 0 Å². The van der Waals surface area contributed by atoms with E-state index in [4.69, 9.17) is 5.11 Å². The average Bonchev–Trinajstić information content (AvgIpc) is 2.16. The van der Waals surface area contributed by atoms with Gasteiger partial charge in [0.05, 0.1) is 13.0 Å². The number of nitrogens with zero attached hydrogens (tertiary/aromatic N) is 2. The second kappa shape index (κ2) is 6.88. The van der Waals surface area contributed by atoms with Crippen molar-refractivity contribution >= 4 is 17.8 Å². The fourth-order valence-electron chi connectivity index (χ4n) is 1.50. The summed E-state index contributed by atoms with van der Waals surface area (Å²) in [5.74, 6) is -1.37. The van der Waals surface area contributed by atoms with Crippen molar-refractivity contribution in [3.8, 4) is 0 Å². The summed E-state index contributed by atoms with van der Waals surface area (Å²) in [6.07, 6.45) is -0.0939. The topological polar surface area (TPSA) is 77.9 Å². The lowest BCUT2D eigenvalue weighted by Crippen LogP contribution is -2.45. The Morgan fingerprint density at radius 3 is 2.18 bits per heavy atom. The number of hydrogen-bond donors (Lipinski definition) is 1. The first-order valence-electron chi connectivity index (χ1n) is 5.52. The summed E-state index contributed by atoms with van der Waals surface area (Å²) >= 11 is 0. The maximum atomic E-state index is 11.9. The van der Waals surface area contributed by atoms with Crippen molar-refractivity contribution in [3.05, 3.63) is 0 Å². The Hall–Kier alpha value is -1.59. The molecule has 0 aliphatic rings. The van der Waals surface area contributed by atoms with Gasteiger partial charge in [-0.05, 0) is 13.8 Å². The summed E-state index contributed by atoms with van der Waals surface area (Å²) < 4.78 is 0. The number of carbonyl (C=O) groups is 3. The molecule has 17 heavy (non-hydrogen) atoms. The predicted molar refractivity (Wildman–Crippen MR) is 62.4 cm³/mol. The molecule has 0 aromatic rings. The number of amides is 2. The minimum atomic E-state index is -0.941. The minimum Gasteiger partial charge on any atom is -0.481 e. The molecular formula is C11H20N2O4. The van der Waals surface area contributed by atoms with E-state index in [0.29, 0.717) is 6.54 Å². The van der Waals surface area contributed by atoms with Gasteiger partial charge >= 0.3 is 5.97 Å². The van der Waals surface area contributed by atoms with Crippen LogP contribution in [0.15, 0.2) is 0 Å². The third-order valence-corrected chi connectivity index (χ3v) is 2.57. The monoisotopic (exact) mass is 244 g/mol. The predicted octanol–water partition coefficient (Wildman–Crippen LogP) is 0.176. The number of carbonyl (C=O) groups excluding carboxylic acids is 2. The molecule has 0 saturated heterocycles. The van der Waals surface area contributed by atoms with Gasteiger partial charge in [0.25, 0.3) is 0 Å². The molecule has 0 aliphatic carbocycles.